The van der Waals surface area contributed by atoms with Crippen LogP contribution in [-0.2, 0) is 11.2 Å². The Morgan fingerprint density at radius 3 is 2.93 bits per heavy atom. The van der Waals surface area contributed by atoms with E-state index in [1.165, 1.54) is 6.07 Å². The summed E-state index contributed by atoms with van der Waals surface area (Å²) < 4.78 is 13.4. The molecule has 5 nitrogen and oxygen atoms in total. The van der Waals surface area contributed by atoms with E-state index in [1.54, 1.807) is 12.1 Å². The van der Waals surface area contributed by atoms with Crippen molar-refractivity contribution in [3.05, 3.63) is 65.2 Å². The number of pyridine rings is 1. The molecule has 142 valence electrons. The molecule has 3 unspecified atom stereocenters. The lowest BCUT2D eigenvalue weighted by Gasteiger charge is -2.28. The molecule has 6 heteroatoms. The fourth-order valence-corrected chi connectivity index (χ4v) is 4.10. The summed E-state index contributed by atoms with van der Waals surface area (Å²) in [6, 6.07) is 12.7. The van der Waals surface area contributed by atoms with Crippen molar-refractivity contribution in [3.63, 3.8) is 0 Å². The average molecular weight is 368 g/mol. The van der Waals surface area contributed by atoms with Crippen molar-refractivity contribution in [2.45, 2.75) is 38.3 Å². The molecule has 1 aromatic carbocycles. The third-order valence-electron chi connectivity index (χ3n) is 5.55. The quantitative estimate of drug-likeness (QED) is 0.871. The van der Waals surface area contributed by atoms with Gasteiger partial charge in [-0.1, -0.05) is 18.2 Å². The highest BCUT2D eigenvalue weighted by molar-refractivity contribution is 5.80. The molecule has 0 aliphatic carbocycles. The van der Waals surface area contributed by atoms with Crippen molar-refractivity contribution in [2.75, 3.05) is 13.1 Å². The maximum Gasteiger partial charge on any atom is 0.229 e. The van der Waals surface area contributed by atoms with Crippen LogP contribution in [-0.4, -0.2) is 34.9 Å². The standard InChI is InChI=1S/C21H25FN4O/c1-14-18(13-23-25-14)21(27)26-10-4-9-20(26)19-8-3-7-17(24-19)12-15-5-2-6-16(22)11-15/h2-3,5-8,11,14,18,20,23,25H,4,9-10,12-13H2,1H3. The van der Waals surface area contributed by atoms with Crippen LogP contribution in [0.4, 0.5) is 4.39 Å². The molecular weight excluding hydrogens is 343 g/mol. The summed E-state index contributed by atoms with van der Waals surface area (Å²) in [5.41, 5.74) is 8.93. The van der Waals surface area contributed by atoms with Gasteiger partial charge in [0.25, 0.3) is 0 Å². The van der Waals surface area contributed by atoms with Crippen LogP contribution < -0.4 is 10.9 Å². The molecule has 4 rings (SSSR count). The molecule has 3 heterocycles. The van der Waals surface area contributed by atoms with E-state index in [-0.39, 0.29) is 29.7 Å². The van der Waals surface area contributed by atoms with Gasteiger partial charge in [-0.2, -0.15) is 0 Å². The van der Waals surface area contributed by atoms with Crippen LogP contribution in [0.2, 0.25) is 0 Å². The minimum atomic E-state index is -0.232. The number of nitrogens with one attached hydrogen (secondary N) is 2. The Labute approximate surface area is 159 Å². The van der Waals surface area contributed by atoms with E-state index < -0.39 is 0 Å². The van der Waals surface area contributed by atoms with Crippen molar-refractivity contribution < 1.29 is 9.18 Å². The molecule has 3 atom stereocenters. The number of amides is 1. The van der Waals surface area contributed by atoms with Crippen LogP contribution in [0.5, 0.6) is 0 Å². The van der Waals surface area contributed by atoms with Gasteiger partial charge in [0.2, 0.25) is 5.91 Å². The van der Waals surface area contributed by atoms with Crippen LogP contribution in [0.1, 0.15) is 42.8 Å². The van der Waals surface area contributed by atoms with E-state index in [2.05, 4.69) is 10.9 Å². The largest absolute Gasteiger partial charge is 0.334 e. The number of hydrogen-bond donors (Lipinski definition) is 2. The highest BCUT2D eigenvalue weighted by atomic mass is 19.1. The Morgan fingerprint density at radius 1 is 1.30 bits per heavy atom. The van der Waals surface area contributed by atoms with E-state index in [4.69, 9.17) is 4.98 Å². The average Bonchev–Trinajstić information content (AvgIpc) is 3.30. The normalized spacial score (nSPS) is 25.1. The Kier molecular flexibility index (Phi) is 5.18. The molecule has 2 aromatic rings. The van der Waals surface area contributed by atoms with Crippen LogP contribution in [0.15, 0.2) is 42.5 Å². The maximum absolute atomic E-state index is 13.4. The summed E-state index contributed by atoms with van der Waals surface area (Å²) >= 11 is 0. The summed E-state index contributed by atoms with van der Waals surface area (Å²) in [7, 11) is 0. The van der Waals surface area contributed by atoms with Crippen molar-refractivity contribution in [2.24, 2.45) is 5.92 Å². The van der Waals surface area contributed by atoms with E-state index in [0.29, 0.717) is 13.0 Å². The number of aromatic nitrogens is 1. The Morgan fingerprint density at radius 2 is 2.15 bits per heavy atom. The molecule has 0 spiro atoms. The minimum absolute atomic E-state index is 0.0257. The summed E-state index contributed by atoms with van der Waals surface area (Å²) in [4.78, 5) is 19.8. The summed E-state index contributed by atoms with van der Waals surface area (Å²) in [6.07, 6.45) is 2.51. The second-order valence-electron chi connectivity index (χ2n) is 7.47. The number of rotatable bonds is 4. The van der Waals surface area contributed by atoms with Gasteiger partial charge in [0.05, 0.1) is 17.7 Å². The minimum Gasteiger partial charge on any atom is -0.334 e. The SMILES string of the molecule is CC1NNCC1C(=O)N1CCCC1c1cccc(Cc2cccc(F)c2)n1. The molecule has 2 aliphatic heterocycles. The topological polar surface area (TPSA) is 57.3 Å². The van der Waals surface area contributed by atoms with Crippen molar-refractivity contribution in [3.8, 4) is 0 Å². The first-order valence-corrected chi connectivity index (χ1v) is 9.61. The highest BCUT2D eigenvalue weighted by Crippen LogP contribution is 2.33. The molecule has 0 bridgehead atoms. The number of likely N-dealkylation sites (tertiary alicyclic amines) is 1. The van der Waals surface area contributed by atoms with Gasteiger partial charge in [0.15, 0.2) is 0 Å². The van der Waals surface area contributed by atoms with Crippen LogP contribution in [0.3, 0.4) is 0 Å². The van der Waals surface area contributed by atoms with Gasteiger partial charge in [-0.05, 0) is 49.6 Å². The predicted octanol–water partition coefficient (Wildman–Crippen LogP) is 2.59. The zero-order valence-corrected chi connectivity index (χ0v) is 15.5. The molecular formula is C21H25FN4O. The number of hydrogen-bond acceptors (Lipinski definition) is 4. The monoisotopic (exact) mass is 368 g/mol. The van der Waals surface area contributed by atoms with Crippen LogP contribution in [0, 0.1) is 11.7 Å². The number of carbonyl (C=O) groups is 1. The van der Waals surface area contributed by atoms with Gasteiger partial charge in [-0.25, -0.2) is 4.39 Å². The Bertz CT molecular complexity index is 827. The van der Waals surface area contributed by atoms with E-state index in [9.17, 15) is 9.18 Å². The molecule has 27 heavy (non-hydrogen) atoms. The van der Waals surface area contributed by atoms with Crippen molar-refractivity contribution in [1.82, 2.24) is 20.7 Å². The van der Waals surface area contributed by atoms with Gasteiger partial charge in [-0.3, -0.25) is 20.6 Å². The Hall–Kier alpha value is -2.31. The number of hydrazine groups is 1. The molecule has 2 N–H and O–H groups in total. The van der Waals surface area contributed by atoms with E-state index >= 15 is 0 Å². The molecule has 2 fully saturated rings. The lowest BCUT2D eigenvalue weighted by molar-refractivity contribution is -0.136. The first-order valence-electron chi connectivity index (χ1n) is 9.61. The smallest absolute Gasteiger partial charge is 0.229 e. The predicted molar refractivity (Wildman–Crippen MR) is 101 cm³/mol. The molecule has 1 aromatic heterocycles. The van der Waals surface area contributed by atoms with E-state index in [1.807, 2.05) is 36.1 Å². The second-order valence-corrected chi connectivity index (χ2v) is 7.47. The van der Waals surface area contributed by atoms with Gasteiger partial charge in [0.1, 0.15) is 5.82 Å². The first-order chi connectivity index (χ1) is 13.1. The summed E-state index contributed by atoms with van der Waals surface area (Å²) in [5.74, 6) is -0.0787. The molecule has 2 aliphatic rings. The second kappa shape index (κ2) is 7.74. The molecule has 0 saturated carbocycles. The first kappa shape index (κ1) is 18.1. The van der Waals surface area contributed by atoms with Crippen molar-refractivity contribution >= 4 is 5.91 Å². The van der Waals surface area contributed by atoms with Gasteiger partial charge in [0, 0.05) is 31.2 Å². The third-order valence-corrected chi connectivity index (χ3v) is 5.55. The molecule has 2 saturated heterocycles. The molecule has 0 radical (unpaired) electrons. The maximum atomic E-state index is 13.4. The van der Waals surface area contributed by atoms with Crippen LogP contribution in [0.25, 0.3) is 0 Å². The van der Waals surface area contributed by atoms with Crippen LogP contribution >= 0.6 is 0 Å². The van der Waals surface area contributed by atoms with Crippen molar-refractivity contribution in [1.29, 1.82) is 0 Å². The van der Waals surface area contributed by atoms with Gasteiger partial charge in [-0.15, -0.1) is 0 Å². The molecule has 1 amide bonds. The van der Waals surface area contributed by atoms with Gasteiger partial charge < -0.3 is 4.90 Å². The zero-order valence-electron chi connectivity index (χ0n) is 15.5. The summed E-state index contributed by atoms with van der Waals surface area (Å²) in [6.45, 7) is 3.48. The summed E-state index contributed by atoms with van der Waals surface area (Å²) in [5, 5.41) is 0. The number of halogens is 1. The van der Waals surface area contributed by atoms with Gasteiger partial charge >= 0.3 is 0 Å². The number of nitrogens with zero attached hydrogens (tertiary/aromatic N) is 2. The fraction of sp³-hybridized carbons (Fsp3) is 0.429. The highest BCUT2D eigenvalue weighted by Gasteiger charge is 2.38. The fourth-order valence-electron chi connectivity index (χ4n) is 4.10. The lowest BCUT2D eigenvalue weighted by Crippen LogP contribution is -2.41. The van der Waals surface area contributed by atoms with E-state index in [0.717, 1.165) is 36.3 Å². The Balaban J connectivity index is 1.53. The number of benzene rings is 1. The number of carbonyl (C=O) groups excluding carboxylic acids is 1. The zero-order chi connectivity index (χ0) is 18.8. The third kappa shape index (κ3) is 3.87. The lowest BCUT2D eigenvalue weighted by atomic mass is 10.0.